The molecule has 0 saturated carbocycles. The second-order valence-corrected chi connectivity index (χ2v) is 8.24. The first-order valence-electron chi connectivity index (χ1n) is 11.1. The lowest BCUT2D eigenvalue weighted by atomic mass is 9.93. The smallest absolute Gasteiger partial charge is 0.290 e. The monoisotopic (exact) mass is 423 g/mol. The van der Waals surface area contributed by atoms with Crippen molar-refractivity contribution in [2.75, 3.05) is 19.6 Å². The number of nitrogens with one attached hydrogen (secondary N) is 1. The highest BCUT2D eigenvalue weighted by Gasteiger charge is 2.35. The number of fused-ring (bicyclic) bond motifs is 1. The van der Waals surface area contributed by atoms with Crippen molar-refractivity contribution in [1.29, 1.82) is 0 Å². The minimum Gasteiger partial charge on any atom is -0.459 e. The van der Waals surface area contributed by atoms with Gasteiger partial charge in [-0.1, -0.05) is 37.1 Å². The van der Waals surface area contributed by atoms with Crippen LogP contribution in [0.1, 0.15) is 53.8 Å². The average Bonchev–Trinajstić information content (AvgIpc) is 3.19. The van der Waals surface area contributed by atoms with Crippen LogP contribution in [0.5, 0.6) is 0 Å². The van der Waals surface area contributed by atoms with Crippen LogP contribution in [0.15, 0.2) is 47.1 Å². The topological polar surface area (TPSA) is 82.9 Å². The molecular weight excluding hydrogens is 394 g/mol. The van der Waals surface area contributed by atoms with Crippen molar-refractivity contribution in [1.82, 2.24) is 15.1 Å². The van der Waals surface area contributed by atoms with Crippen LogP contribution in [0.25, 0.3) is 0 Å². The molecule has 0 aliphatic carbocycles. The van der Waals surface area contributed by atoms with E-state index in [-0.39, 0.29) is 36.4 Å². The molecule has 31 heavy (non-hydrogen) atoms. The maximum atomic E-state index is 13.0. The van der Waals surface area contributed by atoms with Gasteiger partial charge in [0.2, 0.25) is 11.8 Å². The third kappa shape index (κ3) is 4.98. The van der Waals surface area contributed by atoms with Gasteiger partial charge in [-0.25, -0.2) is 0 Å². The number of benzene rings is 1. The first-order chi connectivity index (χ1) is 15.1. The molecule has 1 fully saturated rings. The maximum Gasteiger partial charge on any atom is 0.290 e. The molecular formula is C24H29N3O4. The first kappa shape index (κ1) is 21.2. The highest BCUT2D eigenvalue weighted by atomic mass is 16.3. The Morgan fingerprint density at radius 2 is 1.71 bits per heavy atom. The normalized spacial score (nSPS) is 18.8. The van der Waals surface area contributed by atoms with Crippen LogP contribution in [0.4, 0.5) is 0 Å². The van der Waals surface area contributed by atoms with Gasteiger partial charge in [-0.05, 0) is 36.1 Å². The highest BCUT2D eigenvalue weighted by Crippen LogP contribution is 2.25. The molecule has 0 bridgehead atoms. The predicted octanol–water partition coefficient (Wildman–Crippen LogP) is 2.76. The summed E-state index contributed by atoms with van der Waals surface area (Å²) in [5.41, 5.74) is 2.09. The van der Waals surface area contributed by atoms with Crippen LogP contribution in [-0.4, -0.2) is 53.2 Å². The molecule has 7 heteroatoms. The number of carbonyl (C=O) groups is 3. The maximum absolute atomic E-state index is 13.0. The predicted molar refractivity (Wildman–Crippen MR) is 115 cm³/mol. The Bertz CT molecular complexity index is 917. The van der Waals surface area contributed by atoms with Crippen LogP contribution < -0.4 is 5.32 Å². The lowest BCUT2D eigenvalue weighted by molar-refractivity contribution is -0.131. The lowest BCUT2D eigenvalue weighted by Gasteiger charge is -2.35. The van der Waals surface area contributed by atoms with Crippen molar-refractivity contribution < 1.29 is 18.8 Å². The molecule has 2 aromatic rings. The van der Waals surface area contributed by atoms with Crippen molar-refractivity contribution in [3.8, 4) is 0 Å². The van der Waals surface area contributed by atoms with Crippen LogP contribution in [0.3, 0.4) is 0 Å². The van der Waals surface area contributed by atoms with Gasteiger partial charge in [0.25, 0.3) is 5.91 Å². The second-order valence-electron chi connectivity index (χ2n) is 8.24. The van der Waals surface area contributed by atoms with Crippen molar-refractivity contribution >= 4 is 17.7 Å². The van der Waals surface area contributed by atoms with Gasteiger partial charge in [-0.15, -0.1) is 0 Å². The summed E-state index contributed by atoms with van der Waals surface area (Å²) in [5.74, 6) is -0.244. The van der Waals surface area contributed by atoms with Gasteiger partial charge in [0.1, 0.15) is 6.04 Å². The largest absolute Gasteiger partial charge is 0.459 e. The molecule has 0 spiro atoms. The molecule has 4 rings (SSSR count). The number of hydrogen-bond acceptors (Lipinski definition) is 4. The number of rotatable bonds is 5. The van der Waals surface area contributed by atoms with Crippen molar-refractivity contribution in [2.45, 2.75) is 51.1 Å². The number of nitrogens with zero attached hydrogens (tertiary/aromatic N) is 2. The fraction of sp³-hybridized carbons (Fsp3) is 0.458. The lowest BCUT2D eigenvalue weighted by Crippen LogP contribution is -2.52. The summed E-state index contributed by atoms with van der Waals surface area (Å²) >= 11 is 0. The van der Waals surface area contributed by atoms with Crippen LogP contribution in [0, 0.1) is 0 Å². The summed E-state index contributed by atoms with van der Waals surface area (Å²) in [6.45, 7) is 2.23. The Morgan fingerprint density at radius 1 is 0.968 bits per heavy atom. The Hall–Kier alpha value is -3.09. The van der Waals surface area contributed by atoms with E-state index in [0.717, 1.165) is 37.1 Å². The number of likely N-dealkylation sites (tertiary alicyclic amines) is 1. The number of furan rings is 1. The molecule has 164 valence electrons. The minimum absolute atomic E-state index is 0.0831. The van der Waals surface area contributed by atoms with E-state index in [9.17, 15) is 14.4 Å². The van der Waals surface area contributed by atoms with Crippen LogP contribution in [-0.2, 0) is 22.6 Å². The summed E-state index contributed by atoms with van der Waals surface area (Å²) in [5, 5.41) is 2.89. The summed E-state index contributed by atoms with van der Waals surface area (Å²) < 4.78 is 5.28. The van der Waals surface area contributed by atoms with Gasteiger partial charge in [-0.2, -0.15) is 0 Å². The number of carbonyl (C=O) groups excluding carboxylic acids is 3. The zero-order chi connectivity index (χ0) is 21.6. The quantitative estimate of drug-likeness (QED) is 0.802. The molecule has 1 saturated heterocycles. The second kappa shape index (κ2) is 9.81. The Balaban J connectivity index is 1.40. The van der Waals surface area contributed by atoms with E-state index >= 15 is 0 Å². The average molecular weight is 424 g/mol. The molecule has 1 atom stereocenters. The molecule has 0 radical (unpaired) electrons. The van der Waals surface area contributed by atoms with E-state index in [4.69, 9.17) is 4.42 Å². The van der Waals surface area contributed by atoms with Crippen LogP contribution in [0.2, 0.25) is 0 Å². The summed E-state index contributed by atoms with van der Waals surface area (Å²) in [6, 6.07) is 10.5. The zero-order valence-corrected chi connectivity index (χ0v) is 17.7. The van der Waals surface area contributed by atoms with Crippen molar-refractivity contribution in [3.05, 3.63) is 59.5 Å². The molecule has 1 N–H and O–H groups in total. The fourth-order valence-electron chi connectivity index (χ4n) is 4.40. The van der Waals surface area contributed by atoms with Gasteiger partial charge < -0.3 is 19.5 Å². The molecule has 2 aliphatic heterocycles. The fourth-order valence-corrected chi connectivity index (χ4v) is 4.40. The van der Waals surface area contributed by atoms with Gasteiger partial charge in [0.15, 0.2) is 5.76 Å². The molecule has 2 aliphatic rings. The minimum atomic E-state index is -0.638. The number of amides is 3. The molecule has 1 aromatic heterocycles. The van der Waals surface area contributed by atoms with Gasteiger partial charge in [0.05, 0.1) is 6.26 Å². The highest BCUT2D eigenvalue weighted by molar-refractivity contribution is 5.96. The van der Waals surface area contributed by atoms with E-state index < -0.39 is 6.04 Å². The van der Waals surface area contributed by atoms with E-state index in [0.29, 0.717) is 13.0 Å². The summed E-state index contributed by atoms with van der Waals surface area (Å²) in [6.07, 6.45) is 6.60. The van der Waals surface area contributed by atoms with Crippen molar-refractivity contribution in [3.63, 3.8) is 0 Å². The van der Waals surface area contributed by atoms with E-state index in [1.807, 2.05) is 29.2 Å². The molecule has 1 aromatic carbocycles. The van der Waals surface area contributed by atoms with Gasteiger partial charge >= 0.3 is 0 Å². The Labute approximate surface area is 182 Å². The van der Waals surface area contributed by atoms with E-state index in [1.54, 1.807) is 17.0 Å². The first-order valence-corrected chi connectivity index (χ1v) is 11.1. The van der Waals surface area contributed by atoms with Crippen molar-refractivity contribution in [2.24, 2.45) is 0 Å². The standard InChI is InChI=1S/C24H29N3O4/c28-22(26-13-5-1-2-6-14-26)11-12-25-23(29)20-16-18-8-3-4-9-19(18)17-27(20)24(30)21-10-7-15-31-21/h3-4,7-10,15,20H,1-2,5-6,11-14,16-17H2,(H,25,29). The van der Waals surface area contributed by atoms with E-state index in [1.165, 1.54) is 19.1 Å². The van der Waals surface area contributed by atoms with Gasteiger partial charge in [0, 0.05) is 39.0 Å². The summed E-state index contributed by atoms with van der Waals surface area (Å²) in [7, 11) is 0. The Morgan fingerprint density at radius 3 is 2.42 bits per heavy atom. The third-order valence-electron chi connectivity index (χ3n) is 6.14. The number of hydrogen-bond donors (Lipinski definition) is 1. The van der Waals surface area contributed by atoms with E-state index in [2.05, 4.69) is 5.32 Å². The van der Waals surface area contributed by atoms with Gasteiger partial charge in [-0.3, -0.25) is 14.4 Å². The molecule has 3 heterocycles. The summed E-state index contributed by atoms with van der Waals surface area (Å²) in [4.78, 5) is 42.0. The molecule has 1 unspecified atom stereocenters. The molecule has 3 amide bonds. The third-order valence-corrected chi connectivity index (χ3v) is 6.14. The molecule has 7 nitrogen and oxygen atoms in total. The van der Waals surface area contributed by atoms with Crippen LogP contribution >= 0.6 is 0 Å². The SMILES string of the molecule is O=C(NCCC(=O)N1CCCCCC1)C1Cc2ccccc2CN1C(=O)c1ccco1. The zero-order valence-electron chi connectivity index (χ0n) is 17.7. The Kier molecular flexibility index (Phi) is 6.70.